The monoisotopic (exact) mass is 175 g/mol. The summed E-state index contributed by atoms with van der Waals surface area (Å²) in [6.07, 6.45) is 2.75. The van der Waals surface area contributed by atoms with Crippen molar-refractivity contribution in [1.82, 2.24) is 9.55 Å². The van der Waals surface area contributed by atoms with Gasteiger partial charge in [0.2, 0.25) is 0 Å². The molecular formula is C10H13N3. The minimum Gasteiger partial charge on any atom is -0.334 e. The number of nitrogens with two attached hydrogens (primary N) is 1. The number of hydrogen-bond donors (Lipinski definition) is 1. The molecular weight excluding hydrogens is 162 g/mol. The first-order valence-corrected chi connectivity index (χ1v) is 4.42. The summed E-state index contributed by atoms with van der Waals surface area (Å²) in [5, 5.41) is 0. The van der Waals surface area contributed by atoms with Crippen LogP contribution in [0.1, 0.15) is 5.56 Å². The van der Waals surface area contributed by atoms with Crippen LogP contribution < -0.4 is 5.73 Å². The van der Waals surface area contributed by atoms with Gasteiger partial charge in [0.1, 0.15) is 0 Å². The maximum atomic E-state index is 5.54. The Balaban J connectivity index is 2.65. The van der Waals surface area contributed by atoms with Gasteiger partial charge in [-0.25, -0.2) is 4.98 Å². The van der Waals surface area contributed by atoms with Crippen LogP contribution in [0, 0.1) is 0 Å². The number of rotatable bonds is 2. The van der Waals surface area contributed by atoms with Crippen molar-refractivity contribution >= 4 is 11.0 Å². The van der Waals surface area contributed by atoms with E-state index in [0.717, 1.165) is 11.9 Å². The zero-order chi connectivity index (χ0) is 9.26. The lowest BCUT2D eigenvalue weighted by Gasteiger charge is -2.02. The highest BCUT2D eigenvalue weighted by atomic mass is 15.0. The summed E-state index contributed by atoms with van der Waals surface area (Å²) in [5.41, 5.74) is 9.07. The van der Waals surface area contributed by atoms with E-state index in [0.29, 0.717) is 6.54 Å². The van der Waals surface area contributed by atoms with Crippen LogP contribution in [0.4, 0.5) is 0 Å². The van der Waals surface area contributed by atoms with Crippen LogP contribution in [0.5, 0.6) is 0 Å². The van der Waals surface area contributed by atoms with Crippen LogP contribution in [-0.4, -0.2) is 16.1 Å². The molecule has 0 amide bonds. The van der Waals surface area contributed by atoms with E-state index in [9.17, 15) is 0 Å². The van der Waals surface area contributed by atoms with Gasteiger partial charge in [-0.05, 0) is 24.6 Å². The van der Waals surface area contributed by atoms with Gasteiger partial charge in [-0.3, -0.25) is 0 Å². The molecule has 68 valence electrons. The maximum absolute atomic E-state index is 5.54. The van der Waals surface area contributed by atoms with Gasteiger partial charge in [0.05, 0.1) is 17.4 Å². The molecule has 1 aromatic carbocycles. The molecule has 0 saturated heterocycles. The number of benzene rings is 1. The van der Waals surface area contributed by atoms with Crippen molar-refractivity contribution in [2.24, 2.45) is 12.8 Å². The molecule has 0 fully saturated rings. The Hall–Kier alpha value is -1.35. The van der Waals surface area contributed by atoms with E-state index in [4.69, 9.17) is 5.73 Å². The Morgan fingerprint density at radius 3 is 3.08 bits per heavy atom. The first kappa shape index (κ1) is 8.26. The van der Waals surface area contributed by atoms with Crippen molar-refractivity contribution in [2.75, 3.05) is 6.54 Å². The third kappa shape index (κ3) is 1.31. The number of aryl methyl sites for hydroxylation is 1. The van der Waals surface area contributed by atoms with E-state index in [2.05, 4.69) is 11.1 Å². The zero-order valence-electron chi connectivity index (χ0n) is 7.70. The predicted molar refractivity (Wildman–Crippen MR) is 53.5 cm³/mol. The fourth-order valence-corrected chi connectivity index (χ4v) is 1.65. The lowest BCUT2D eigenvalue weighted by molar-refractivity contribution is 0.919. The van der Waals surface area contributed by atoms with Gasteiger partial charge < -0.3 is 10.3 Å². The smallest absolute Gasteiger partial charge is 0.0955 e. The third-order valence-electron chi connectivity index (χ3n) is 2.23. The molecule has 0 radical (unpaired) electrons. The minimum absolute atomic E-state index is 0.685. The fourth-order valence-electron chi connectivity index (χ4n) is 1.65. The Bertz CT molecular complexity index is 417. The van der Waals surface area contributed by atoms with E-state index < -0.39 is 0 Å². The lowest BCUT2D eigenvalue weighted by atomic mass is 10.1. The summed E-state index contributed by atoms with van der Waals surface area (Å²) in [6, 6.07) is 6.16. The van der Waals surface area contributed by atoms with E-state index in [1.807, 2.05) is 30.1 Å². The van der Waals surface area contributed by atoms with Gasteiger partial charge in [-0.2, -0.15) is 0 Å². The average Bonchev–Trinajstić information content (AvgIpc) is 2.50. The van der Waals surface area contributed by atoms with Gasteiger partial charge in [-0.15, -0.1) is 0 Å². The first-order chi connectivity index (χ1) is 6.33. The normalized spacial score (nSPS) is 10.9. The van der Waals surface area contributed by atoms with Crippen LogP contribution in [0.25, 0.3) is 11.0 Å². The second-order valence-corrected chi connectivity index (χ2v) is 3.18. The van der Waals surface area contributed by atoms with Crippen molar-refractivity contribution < 1.29 is 0 Å². The van der Waals surface area contributed by atoms with Crippen LogP contribution in [0.3, 0.4) is 0 Å². The van der Waals surface area contributed by atoms with Crippen LogP contribution in [0.2, 0.25) is 0 Å². The molecule has 1 aromatic heterocycles. The highest BCUT2D eigenvalue weighted by Crippen LogP contribution is 2.16. The Kier molecular flexibility index (Phi) is 2.02. The largest absolute Gasteiger partial charge is 0.334 e. The highest BCUT2D eigenvalue weighted by molar-refractivity contribution is 5.78. The Morgan fingerprint density at radius 1 is 1.46 bits per heavy atom. The quantitative estimate of drug-likeness (QED) is 0.742. The van der Waals surface area contributed by atoms with Crippen LogP contribution in [0.15, 0.2) is 24.5 Å². The van der Waals surface area contributed by atoms with E-state index >= 15 is 0 Å². The molecule has 0 atom stereocenters. The molecule has 2 aromatic rings. The van der Waals surface area contributed by atoms with Gasteiger partial charge in [0.25, 0.3) is 0 Å². The summed E-state index contributed by atoms with van der Waals surface area (Å²) in [5.74, 6) is 0. The Morgan fingerprint density at radius 2 is 2.31 bits per heavy atom. The maximum Gasteiger partial charge on any atom is 0.0955 e. The average molecular weight is 175 g/mol. The molecule has 0 bridgehead atoms. The number of fused-ring (bicyclic) bond motifs is 1. The molecule has 2 rings (SSSR count). The van der Waals surface area contributed by atoms with E-state index in [1.165, 1.54) is 11.1 Å². The van der Waals surface area contributed by atoms with Crippen molar-refractivity contribution in [1.29, 1.82) is 0 Å². The molecule has 0 unspecified atom stereocenters. The molecule has 0 aliphatic heterocycles. The minimum atomic E-state index is 0.685. The van der Waals surface area contributed by atoms with Crippen LogP contribution in [-0.2, 0) is 13.5 Å². The molecule has 3 nitrogen and oxygen atoms in total. The summed E-state index contributed by atoms with van der Waals surface area (Å²) < 4.78 is 2.04. The summed E-state index contributed by atoms with van der Waals surface area (Å²) in [4.78, 5) is 4.28. The number of para-hydroxylation sites is 1. The molecule has 0 saturated carbocycles. The van der Waals surface area contributed by atoms with Crippen molar-refractivity contribution in [3.63, 3.8) is 0 Å². The second-order valence-electron chi connectivity index (χ2n) is 3.18. The fraction of sp³-hybridized carbons (Fsp3) is 0.300. The topological polar surface area (TPSA) is 43.8 Å². The number of nitrogens with zero attached hydrogens (tertiary/aromatic N) is 2. The van der Waals surface area contributed by atoms with Crippen LogP contribution >= 0.6 is 0 Å². The van der Waals surface area contributed by atoms with Crippen molar-refractivity contribution in [2.45, 2.75) is 6.42 Å². The van der Waals surface area contributed by atoms with Crippen molar-refractivity contribution in [3.05, 3.63) is 30.1 Å². The molecule has 3 heteroatoms. The number of hydrogen-bond acceptors (Lipinski definition) is 2. The van der Waals surface area contributed by atoms with Gasteiger partial charge in [0.15, 0.2) is 0 Å². The van der Waals surface area contributed by atoms with E-state index in [1.54, 1.807) is 0 Å². The molecule has 0 spiro atoms. The lowest BCUT2D eigenvalue weighted by Crippen LogP contribution is -2.04. The standard InChI is InChI=1S/C10H13N3/c1-13-7-12-9-4-2-3-8(5-6-11)10(9)13/h2-4,7H,5-6,11H2,1H3. The third-order valence-corrected chi connectivity index (χ3v) is 2.23. The molecule has 2 N–H and O–H groups in total. The number of aromatic nitrogens is 2. The van der Waals surface area contributed by atoms with Gasteiger partial charge in [-0.1, -0.05) is 12.1 Å². The highest BCUT2D eigenvalue weighted by Gasteiger charge is 2.03. The summed E-state index contributed by atoms with van der Waals surface area (Å²) in [7, 11) is 2.01. The summed E-state index contributed by atoms with van der Waals surface area (Å²) >= 11 is 0. The molecule has 1 heterocycles. The van der Waals surface area contributed by atoms with Gasteiger partial charge >= 0.3 is 0 Å². The number of imidazole rings is 1. The SMILES string of the molecule is Cn1cnc2cccc(CCN)c21. The molecule has 0 aliphatic carbocycles. The van der Waals surface area contributed by atoms with E-state index in [-0.39, 0.29) is 0 Å². The predicted octanol–water partition coefficient (Wildman–Crippen LogP) is 1.07. The van der Waals surface area contributed by atoms with Gasteiger partial charge in [0, 0.05) is 7.05 Å². The second kappa shape index (κ2) is 3.18. The van der Waals surface area contributed by atoms with Crippen molar-refractivity contribution in [3.8, 4) is 0 Å². The first-order valence-electron chi connectivity index (χ1n) is 4.42. The summed E-state index contributed by atoms with van der Waals surface area (Å²) in [6.45, 7) is 0.685. The molecule has 0 aliphatic rings. The zero-order valence-corrected chi connectivity index (χ0v) is 7.70. The Labute approximate surface area is 77.2 Å². The molecule has 13 heavy (non-hydrogen) atoms.